The predicted molar refractivity (Wildman–Crippen MR) is 80.2 cm³/mol. The summed E-state index contributed by atoms with van der Waals surface area (Å²) in [5, 5.41) is 11.9. The SMILES string of the molecule is CCNC(N)=NCC(CCO)CC(C)C.I. The highest BCUT2D eigenvalue weighted by Gasteiger charge is 2.09. The molecule has 4 N–H and O–H groups in total. The lowest BCUT2D eigenvalue weighted by Crippen LogP contribution is -2.32. The number of nitrogens with one attached hydrogen (secondary N) is 1. The summed E-state index contributed by atoms with van der Waals surface area (Å²) < 4.78 is 0. The fraction of sp³-hybridized carbons (Fsp3) is 0.909. The number of hydrogen-bond donors (Lipinski definition) is 3. The molecule has 0 radical (unpaired) electrons. The average molecular weight is 343 g/mol. The lowest BCUT2D eigenvalue weighted by molar-refractivity contribution is 0.246. The van der Waals surface area contributed by atoms with Crippen LogP contribution in [0, 0.1) is 11.8 Å². The molecule has 0 aliphatic carbocycles. The molecule has 0 saturated heterocycles. The molecule has 0 rings (SSSR count). The fourth-order valence-corrected chi connectivity index (χ4v) is 1.60. The molecule has 5 heteroatoms. The summed E-state index contributed by atoms with van der Waals surface area (Å²) in [6, 6.07) is 0. The van der Waals surface area contributed by atoms with E-state index in [0.717, 1.165) is 19.4 Å². The van der Waals surface area contributed by atoms with Gasteiger partial charge in [0, 0.05) is 19.7 Å². The molecule has 16 heavy (non-hydrogen) atoms. The van der Waals surface area contributed by atoms with Gasteiger partial charge in [0.05, 0.1) is 0 Å². The second-order valence-electron chi connectivity index (χ2n) is 4.26. The van der Waals surface area contributed by atoms with Crippen LogP contribution in [0.4, 0.5) is 0 Å². The molecular weight excluding hydrogens is 317 g/mol. The summed E-state index contributed by atoms with van der Waals surface area (Å²) >= 11 is 0. The summed E-state index contributed by atoms with van der Waals surface area (Å²) in [5.74, 6) is 1.58. The molecule has 98 valence electrons. The third kappa shape index (κ3) is 10.5. The molecule has 0 spiro atoms. The van der Waals surface area contributed by atoms with E-state index in [2.05, 4.69) is 24.2 Å². The van der Waals surface area contributed by atoms with Crippen molar-refractivity contribution in [2.45, 2.75) is 33.6 Å². The normalized spacial score (nSPS) is 13.4. The first kappa shape index (κ1) is 18.3. The molecule has 0 aromatic heterocycles. The van der Waals surface area contributed by atoms with Crippen molar-refractivity contribution in [1.82, 2.24) is 5.32 Å². The zero-order valence-corrected chi connectivity index (χ0v) is 12.9. The molecule has 0 saturated carbocycles. The summed E-state index contributed by atoms with van der Waals surface area (Å²) in [5.41, 5.74) is 5.64. The number of guanidine groups is 1. The van der Waals surface area contributed by atoms with Gasteiger partial charge in [-0.1, -0.05) is 13.8 Å². The number of halogens is 1. The van der Waals surface area contributed by atoms with Gasteiger partial charge in [-0.05, 0) is 31.6 Å². The molecule has 0 heterocycles. The summed E-state index contributed by atoms with van der Waals surface area (Å²) in [4.78, 5) is 4.26. The van der Waals surface area contributed by atoms with E-state index in [1.54, 1.807) is 0 Å². The Kier molecular flexibility index (Phi) is 13.1. The smallest absolute Gasteiger partial charge is 0.188 e. The van der Waals surface area contributed by atoms with Gasteiger partial charge in [-0.15, -0.1) is 24.0 Å². The van der Waals surface area contributed by atoms with Gasteiger partial charge < -0.3 is 16.2 Å². The van der Waals surface area contributed by atoms with E-state index in [-0.39, 0.29) is 30.6 Å². The standard InChI is InChI=1S/C11H25N3O.HI/c1-4-13-11(12)14-8-10(5-6-15)7-9(2)3;/h9-10,15H,4-8H2,1-3H3,(H3,12,13,14);1H. The number of aliphatic hydroxyl groups excluding tert-OH is 1. The summed E-state index contributed by atoms with van der Waals surface area (Å²) in [6.07, 6.45) is 1.89. The first-order valence-corrected chi connectivity index (χ1v) is 5.74. The topological polar surface area (TPSA) is 70.6 Å². The number of aliphatic imine (C=N–C) groups is 1. The third-order valence-corrected chi connectivity index (χ3v) is 2.22. The van der Waals surface area contributed by atoms with Crippen molar-refractivity contribution in [3.05, 3.63) is 0 Å². The lowest BCUT2D eigenvalue weighted by atomic mass is 9.94. The Balaban J connectivity index is 0. The van der Waals surface area contributed by atoms with Crippen molar-refractivity contribution >= 4 is 29.9 Å². The van der Waals surface area contributed by atoms with Crippen LogP contribution in [0.1, 0.15) is 33.6 Å². The maximum absolute atomic E-state index is 8.92. The molecule has 0 aliphatic rings. The molecule has 0 aromatic carbocycles. The first-order chi connectivity index (χ1) is 7.10. The van der Waals surface area contributed by atoms with Crippen LogP contribution in [0.2, 0.25) is 0 Å². The van der Waals surface area contributed by atoms with Gasteiger partial charge >= 0.3 is 0 Å². The number of aliphatic hydroxyl groups is 1. The Morgan fingerprint density at radius 3 is 2.50 bits per heavy atom. The highest BCUT2D eigenvalue weighted by Crippen LogP contribution is 2.15. The van der Waals surface area contributed by atoms with Crippen LogP contribution in [-0.4, -0.2) is 30.8 Å². The highest BCUT2D eigenvalue weighted by molar-refractivity contribution is 14.0. The zero-order chi connectivity index (χ0) is 11.7. The molecule has 4 nitrogen and oxygen atoms in total. The van der Waals surface area contributed by atoms with E-state index >= 15 is 0 Å². The number of hydrogen-bond acceptors (Lipinski definition) is 2. The van der Waals surface area contributed by atoms with Gasteiger partial charge in [0.2, 0.25) is 0 Å². The van der Waals surface area contributed by atoms with Crippen molar-refractivity contribution in [3.8, 4) is 0 Å². The van der Waals surface area contributed by atoms with E-state index in [9.17, 15) is 0 Å². The molecule has 0 aromatic rings. The van der Waals surface area contributed by atoms with Gasteiger partial charge in [0.15, 0.2) is 5.96 Å². The van der Waals surface area contributed by atoms with Gasteiger partial charge in [0.25, 0.3) is 0 Å². The van der Waals surface area contributed by atoms with Crippen molar-refractivity contribution in [1.29, 1.82) is 0 Å². The van der Waals surface area contributed by atoms with E-state index in [0.29, 0.717) is 24.3 Å². The van der Waals surface area contributed by atoms with Crippen LogP contribution in [0.3, 0.4) is 0 Å². The van der Waals surface area contributed by atoms with Gasteiger partial charge in [-0.2, -0.15) is 0 Å². The van der Waals surface area contributed by atoms with Crippen LogP contribution in [0.15, 0.2) is 4.99 Å². The quantitative estimate of drug-likeness (QED) is 0.373. The minimum atomic E-state index is 0. The molecule has 1 atom stereocenters. The van der Waals surface area contributed by atoms with Gasteiger partial charge in [-0.25, -0.2) is 0 Å². The van der Waals surface area contributed by atoms with Crippen LogP contribution >= 0.6 is 24.0 Å². The van der Waals surface area contributed by atoms with E-state index in [1.807, 2.05) is 6.92 Å². The van der Waals surface area contributed by atoms with Crippen LogP contribution in [-0.2, 0) is 0 Å². The molecule has 0 bridgehead atoms. The Hall–Kier alpha value is -0.0400. The van der Waals surface area contributed by atoms with Crippen molar-refractivity contribution in [2.75, 3.05) is 19.7 Å². The van der Waals surface area contributed by atoms with Crippen molar-refractivity contribution in [2.24, 2.45) is 22.6 Å². The summed E-state index contributed by atoms with van der Waals surface area (Å²) in [6.45, 7) is 8.08. The molecule has 1 unspecified atom stereocenters. The Morgan fingerprint density at radius 1 is 1.44 bits per heavy atom. The van der Waals surface area contributed by atoms with Crippen LogP contribution in [0.5, 0.6) is 0 Å². The van der Waals surface area contributed by atoms with Crippen molar-refractivity contribution < 1.29 is 5.11 Å². The Labute approximate surface area is 116 Å². The maximum Gasteiger partial charge on any atom is 0.188 e. The number of nitrogens with zero attached hydrogens (tertiary/aromatic N) is 1. The van der Waals surface area contributed by atoms with E-state index in [1.165, 1.54) is 0 Å². The average Bonchev–Trinajstić information content (AvgIpc) is 2.14. The fourth-order valence-electron chi connectivity index (χ4n) is 1.60. The largest absolute Gasteiger partial charge is 0.396 e. The molecule has 0 aliphatic heterocycles. The second kappa shape index (κ2) is 11.4. The zero-order valence-electron chi connectivity index (χ0n) is 10.6. The van der Waals surface area contributed by atoms with E-state index in [4.69, 9.17) is 10.8 Å². The Bertz CT molecular complexity index is 186. The Morgan fingerprint density at radius 2 is 2.06 bits per heavy atom. The van der Waals surface area contributed by atoms with E-state index < -0.39 is 0 Å². The van der Waals surface area contributed by atoms with Gasteiger partial charge in [0.1, 0.15) is 0 Å². The van der Waals surface area contributed by atoms with Crippen molar-refractivity contribution in [3.63, 3.8) is 0 Å². The number of nitrogens with two attached hydrogens (primary N) is 1. The second-order valence-corrected chi connectivity index (χ2v) is 4.26. The lowest BCUT2D eigenvalue weighted by Gasteiger charge is -2.16. The van der Waals surface area contributed by atoms with Crippen LogP contribution in [0.25, 0.3) is 0 Å². The molecule has 0 amide bonds. The monoisotopic (exact) mass is 343 g/mol. The highest BCUT2D eigenvalue weighted by atomic mass is 127. The van der Waals surface area contributed by atoms with Gasteiger partial charge in [-0.3, -0.25) is 4.99 Å². The number of rotatable bonds is 7. The van der Waals surface area contributed by atoms with Crippen LogP contribution < -0.4 is 11.1 Å². The minimum absolute atomic E-state index is 0. The predicted octanol–water partition coefficient (Wildman–Crippen LogP) is 1.57. The molecular formula is C11H26IN3O. The summed E-state index contributed by atoms with van der Waals surface area (Å²) in [7, 11) is 0. The minimum Gasteiger partial charge on any atom is -0.396 e. The maximum atomic E-state index is 8.92. The third-order valence-electron chi connectivity index (χ3n) is 2.22. The molecule has 0 fully saturated rings. The first-order valence-electron chi connectivity index (χ1n) is 5.74.